The Kier molecular flexibility index (Phi) is 6.17. The van der Waals surface area contributed by atoms with Crippen LogP contribution in [0.3, 0.4) is 0 Å². The summed E-state index contributed by atoms with van der Waals surface area (Å²) in [7, 11) is 0. The number of ether oxygens (including phenoxy) is 1. The third-order valence-corrected chi connectivity index (χ3v) is 5.11. The second-order valence-electron chi connectivity index (χ2n) is 6.51. The van der Waals surface area contributed by atoms with Gasteiger partial charge in [0.15, 0.2) is 17.7 Å². The van der Waals surface area contributed by atoms with Crippen molar-refractivity contribution in [3.63, 3.8) is 0 Å². The molecule has 3 rings (SSSR count). The molecule has 7 nitrogen and oxygen atoms in total. The molecule has 0 unspecified atom stereocenters. The van der Waals surface area contributed by atoms with E-state index in [9.17, 15) is 14.0 Å². The van der Waals surface area contributed by atoms with Crippen molar-refractivity contribution in [1.82, 2.24) is 15.2 Å². The largest absolute Gasteiger partial charge is 0.481 e. The van der Waals surface area contributed by atoms with Crippen molar-refractivity contribution < 1.29 is 23.1 Å². The number of nitrogens with zero attached hydrogens (tertiary/aromatic N) is 2. The van der Waals surface area contributed by atoms with Crippen LogP contribution in [0, 0.1) is 19.7 Å². The molecule has 1 N–H and O–H groups in total. The number of carbonyl (C=O) groups excluding carboxylic acids is 2. The summed E-state index contributed by atoms with van der Waals surface area (Å²) in [4.78, 5) is 27.2. The van der Waals surface area contributed by atoms with Crippen LogP contribution in [0.5, 0.6) is 5.75 Å². The van der Waals surface area contributed by atoms with Crippen LogP contribution in [0.25, 0.3) is 0 Å². The fourth-order valence-electron chi connectivity index (χ4n) is 2.97. The summed E-state index contributed by atoms with van der Waals surface area (Å²) in [5.41, 5.74) is 2.28. The fourth-order valence-corrected chi connectivity index (χ4v) is 3.61. The lowest BCUT2D eigenvalue weighted by Gasteiger charge is -2.10. The highest BCUT2D eigenvalue weighted by atomic mass is 32.2. The number of hydrogen-bond donors (Lipinski definition) is 1. The molecule has 152 valence electrons. The van der Waals surface area contributed by atoms with E-state index in [1.807, 2.05) is 0 Å². The summed E-state index contributed by atoms with van der Waals surface area (Å²) in [6.07, 6.45) is -0.538. The molecule has 0 amide bonds. The van der Waals surface area contributed by atoms with Crippen LogP contribution >= 0.6 is 11.8 Å². The number of aryl methyl sites for hydroxylation is 1. The molecule has 0 fully saturated rings. The van der Waals surface area contributed by atoms with E-state index in [0.717, 1.165) is 11.8 Å². The molecule has 0 aliphatic carbocycles. The van der Waals surface area contributed by atoms with Crippen molar-refractivity contribution in [2.75, 3.05) is 5.75 Å². The summed E-state index contributed by atoms with van der Waals surface area (Å²) >= 11 is 1.10. The summed E-state index contributed by atoms with van der Waals surface area (Å²) in [5, 5.41) is 8.09. The number of Topliss-reactive ketones (excluding diaryl/α,β-unsaturated/α-hetero) is 2. The minimum Gasteiger partial charge on any atom is -0.481 e. The topological polar surface area (TPSA) is 98.1 Å². The standard InChI is InChI=1S/C20H20FN3O4S/c1-10-17(12(3)25)11(2)22-18(10)16(26)9-29-20-24-23-19(28-20)13(4)27-15-7-5-14(21)6-8-15/h5-8,13,22H,9H2,1-4H3/t13-/m0/s1. The zero-order chi connectivity index (χ0) is 21.1. The summed E-state index contributed by atoms with van der Waals surface area (Å²) in [6.45, 7) is 6.71. The minimum atomic E-state index is -0.538. The van der Waals surface area contributed by atoms with E-state index >= 15 is 0 Å². The lowest BCUT2D eigenvalue weighted by Crippen LogP contribution is -2.05. The van der Waals surface area contributed by atoms with E-state index < -0.39 is 6.10 Å². The van der Waals surface area contributed by atoms with E-state index in [-0.39, 0.29) is 34.3 Å². The Morgan fingerprint density at radius 2 is 1.93 bits per heavy atom. The molecule has 29 heavy (non-hydrogen) atoms. The molecule has 0 radical (unpaired) electrons. The third-order valence-electron chi connectivity index (χ3n) is 4.29. The molecule has 0 aliphatic rings. The first-order valence-electron chi connectivity index (χ1n) is 8.88. The zero-order valence-electron chi connectivity index (χ0n) is 16.4. The smallest absolute Gasteiger partial charge is 0.277 e. The van der Waals surface area contributed by atoms with Gasteiger partial charge in [-0.25, -0.2) is 4.39 Å². The molecule has 1 aromatic carbocycles. The van der Waals surface area contributed by atoms with Crippen molar-refractivity contribution in [2.24, 2.45) is 0 Å². The Balaban J connectivity index is 1.61. The summed E-state index contributed by atoms with van der Waals surface area (Å²) in [6, 6.07) is 5.61. The SMILES string of the molecule is CC(=O)c1c(C)[nH]c(C(=O)CSc2nnc([C@H](C)Oc3ccc(F)cc3)o2)c1C. The lowest BCUT2D eigenvalue weighted by atomic mass is 10.1. The van der Waals surface area contributed by atoms with Gasteiger partial charge in [0.25, 0.3) is 11.1 Å². The molecular formula is C20H20FN3O4S. The van der Waals surface area contributed by atoms with Gasteiger partial charge in [-0.1, -0.05) is 11.8 Å². The maximum atomic E-state index is 13.0. The number of halogens is 1. The predicted molar refractivity (Wildman–Crippen MR) is 105 cm³/mol. The molecule has 1 atom stereocenters. The van der Waals surface area contributed by atoms with Gasteiger partial charge in [-0.05, 0) is 57.5 Å². The fraction of sp³-hybridized carbons (Fsp3) is 0.300. The monoisotopic (exact) mass is 417 g/mol. The molecular weight excluding hydrogens is 397 g/mol. The van der Waals surface area contributed by atoms with Crippen molar-refractivity contribution in [3.8, 4) is 5.75 Å². The van der Waals surface area contributed by atoms with Crippen LogP contribution in [-0.2, 0) is 0 Å². The summed E-state index contributed by atoms with van der Waals surface area (Å²) in [5.74, 6) is 0.190. The number of ketones is 2. The van der Waals surface area contributed by atoms with Gasteiger partial charge in [0, 0.05) is 11.3 Å². The van der Waals surface area contributed by atoms with Crippen LogP contribution in [0.15, 0.2) is 33.9 Å². The van der Waals surface area contributed by atoms with E-state index in [1.54, 1.807) is 20.8 Å². The molecule has 0 bridgehead atoms. The number of benzene rings is 1. The first-order chi connectivity index (χ1) is 13.8. The van der Waals surface area contributed by atoms with Crippen LogP contribution in [0.4, 0.5) is 4.39 Å². The van der Waals surface area contributed by atoms with Gasteiger partial charge in [0.2, 0.25) is 0 Å². The van der Waals surface area contributed by atoms with Crippen LogP contribution in [0.2, 0.25) is 0 Å². The number of hydrogen-bond acceptors (Lipinski definition) is 7. The van der Waals surface area contributed by atoms with Gasteiger partial charge in [0.05, 0.1) is 11.4 Å². The quantitative estimate of drug-likeness (QED) is 0.426. The summed E-state index contributed by atoms with van der Waals surface area (Å²) < 4.78 is 24.2. The van der Waals surface area contributed by atoms with Gasteiger partial charge in [-0.3, -0.25) is 9.59 Å². The molecule has 2 heterocycles. The maximum absolute atomic E-state index is 13.0. The van der Waals surface area contributed by atoms with Crippen molar-refractivity contribution in [2.45, 2.75) is 39.0 Å². The average molecular weight is 417 g/mol. The normalized spacial score (nSPS) is 12.0. The Morgan fingerprint density at radius 3 is 2.55 bits per heavy atom. The second kappa shape index (κ2) is 8.60. The van der Waals surface area contributed by atoms with Crippen molar-refractivity contribution in [1.29, 1.82) is 0 Å². The van der Waals surface area contributed by atoms with E-state index in [1.165, 1.54) is 31.2 Å². The second-order valence-corrected chi connectivity index (χ2v) is 7.44. The Morgan fingerprint density at radius 1 is 1.24 bits per heavy atom. The maximum Gasteiger partial charge on any atom is 0.277 e. The molecule has 0 saturated carbocycles. The number of H-pyrrole nitrogens is 1. The van der Waals surface area contributed by atoms with Gasteiger partial charge in [0.1, 0.15) is 11.6 Å². The van der Waals surface area contributed by atoms with Crippen LogP contribution in [0.1, 0.15) is 57.9 Å². The van der Waals surface area contributed by atoms with Crippen LogP contribution in [-0.4, -0.2) is 32.5 Å². The highest BCUT2D eigenvalue weighted by molar-refractivity contribution is 7.99. The van der Waals surface area contributed by atoms with Gasteiger partial charge in [-0.15, -0.1) is 10.2 Å². The predicted octanol–water partition coefficient (Wildman–Crippen LogP) is 4.47. The number of thioether (sulfide) groups is 1. The minimum absolute atomic E-state index is 0.0764. The van der Waals surface area contributed by atoms with Crippen molar-refractivity contribution in [3.05, 3.63) is 58.5 Å². The number of nitrogens with one attached hydrogen (secondary N) is 1. The van der Waals surface area contributed by atoms with E-state index in [4.69, 9.17) is 9.15 Å². The van der Waals surface area contributed by atoms with Crippen LogP contribution < -0.4 is 4.74 Å². The molecule has 0 aliphatic heterocycles. The van der Waals surface area contributed by atoms with Gasteiger partial charge < -0.3 is 14.1 Å². The average Bonchev–Trinajstić information content (AvgIpc) is 3.26. The molecule has 0 spiro atoms. The Labute approximate surface area is 171 Å². The number of aromatic amines is 1. The van der Waals surface area contributed by atoms with Gasteiger partial charge >= 0.3 is 0 Å². The first-order valence-corrected chi connectivity index (χ1v) is 9.86. The highest BCUT2D eigenvalue weighted by Crippen LogP contribution is 2.26. The highest BCUT2D eigenvalue weighted by Gasteiger charge is 2.21. The third kappa shape index (κ3) is 4.73. The molecule has 0 saturated heterocycles. The molecule has 2 aromatic heterocycles. The number of rotatable bonds is 8. The number of aromatic nitrogens is 3. The Hall–Kier alpha value is -2.94. The van der Waals surface area contributed by atoms with E-state index in [2.05, 4.69) is 15.2 Å². The first kappa shape index (κ1) is 20.8. The van der Waals surface area contributed by atoms with E-state index in [0.29, 0.717) is 28.3 Å². The zero-order valence-corrected chi connectivity index (χ0v) is 17.2. The lowest BCUT2D eigenvalue weighted by molar-refractivity contribution is 0.101. The number of carbonyl (C=O) groups is 2. The Bertz CT molecular complexity index is 1040. The molecule has 9 heteroatoms. The van der Waals surface area contributed by atoms with Crippen molar-refractivity contribution >= 4 is 23.3 Å². The van der Waals surface area contributed by atoms with Gasteiger partial charge in [-0.2, -0.15) is 0 Å². The molecule has 3 aromatic rings.